The molecule has 1 aromatic carbocycles. The lowest BCUT2D eigenvalue weighted by Gasteiger charge is -2.35. The summed E-state index contributed by atoms with van der Waals surface area (Å²) in [7, 11) is 0. The molecule has 1 aliphatic heterocycles. The monoisotopic (exact) mass is 293 g/mol. The maximum Gasteiger partial charge on any atom is 0.126 e. The van der Waals surface area contributed by atoms with Crippen LogP contribution in [0.1, 0.15) is 53.0 Å². The molecule has 0 atom stereocenters. The van der Waals surface area contributed by atoms with E-state index >= 15 is 0 Å². The molecule has 0 bridgehead atoms. The van der Waals surface area contributed by atoms with E-state index in [4.69, 9.17) is 4.74 Å². The summed E-state index contributed by atoms with van der Waals surface area (Å²) in [6.45, 7) is 13.0. The topological polar surface area (TPSA) is 12.5 Å². The zero-order valence-corrected chi connectivity index (χ0v) is 13.9. The van der Waals surface area contributed by atoms with Gasteiger partial charge in [0, 0.05) is 25.2 Å². The summed E-state index contributed by atoms with van der Waals surface area (Å²) >= 11 is 0. The van der Waals surface area contributed by atoms with Gasteiger partial charge in [0.05, 0.1) is 0 Å². The standard InChI is InChI=1S/C18H28FNO/c1-13(2)20-10-8-15(9-11-20)21-17-12-14(19)6-7-16(17)18(3,4)5/h6-7,12-13,15H,8-11H2,1-5H3. The van der Waals surface area contributed by atoms with Gasteiger partial charge in [0.25, 0.3) is 0 Å². The Morgan fingerprint density at radius 1 is 1.19 bits per heavy atom. The molecule has 0 amide bonds. The number of benzene rings is 1. The highest BCUT2D eigenvalue weighted by Crippen LogP contribution is 2.33. The largest absolute Gasteiger partial charge is 0.490 e. The summed E-state index contributed by atoms with van der Waals surface area (Å²) in [4.78, 5) is 2.47. The molecule has 0 N–H and O–H groups in total. The fourth-order valence-corrected chi connectivity index (χ4v) is 2.90. The second-order valence-corrected chi connectivity index (χ2v) is 7.34. The molecule has 1 aromatic rings. The van der Waals surface area contributed by atoms with Crippen LogP contribution in [0.5, 0.6) is 5.75 Å². The lowest BCUT2D eigenvalue weighted by Crippen LogP contribution is -2.42. The van der Waals surface area contributed by atoms with Gasteiger partial charge in [-0.2, -0.15) is 0 Å². The average molecular weight is 293 g/mol. The molecule has 0 unspecified atom stereocenters. The summed E-state index contributed by atoms with van der Waals surface area (Å²) in [6.07, 6.45) is 2.22. The van der Waals surface area contributed by atoms with Crippen LogP contribution in [0.15, 0.2) is 18.2 Å². The van der Waals surface area contributed by atoms with Crippen molar-refractivity contribution < 1.29 is 9.13 Å². The number of rotatable bonds is 3. The van der Waals surface area contributed by atoms with Gasteiger partial charge in [-0.25, -0.2) is 4.39 Å². The molecule has 1 fully saturated rings. The Hall–Kier alpha value is -1.09. The third-order valence-corrected chi connectivity index (χ3v) is 4.25. The van der Waals surface area contributed by atoms with Crippen LogP contribution < -0.4 is 4.74 Å². The fourth-order valence-electron chi connectivity index (χ4n) is 2.90. The molecular formula is C18H28FNO. The Kier molecular flexibility index (Phi) is 4.92. The average Bonchev–Trinajstić information content (AvgIpc) is 2.38. The Labute approximate surface area is 128 Å². The quantitative estimate of drug-likeness (QED) is 0.820. The van der Waals surface area contributed by atoms with E-state index in [1.165, 1.54) is 12.1 Å². The van der Waals surface area contributed by atoms with Gasteiger partial charge in [0.15, 0.2) is 0 Å². The number of likely N-dealkylation sites (tertiary alicyclic amines) is 1. The van der Waals surface area contributed by atoms with E-state index in [2.05, 4.69) is 39.5 Å². The van der Waals surface area contributed by atoms with Crippen molar-refractivity contribution in [3.8, 4) is 5.75 Å². The van der Waals surface area contributed by atoms with Gasteiger partial charge in [-0.1, -0.05) is 26.8 Å². The second kappa shape index (κ2) is 6.35. The Bertz CT molecular complexity index is 471. The van der Waals surface area contributed by atoms with E-state index in [-0.39, 0.29) is 17.3 Å². The second-order valence-electron chi connectivity index (χ2n) is 7.34. The number of hydrogen-bond acceptors (Lipinski definition) is 2. The lowest BCUT2D eigenvalue weighted by molar-refractivity contribution is 0.0828. The Balaban J connectivity index is 2.08. The van der Waals surface area contributed by atoms with Crippen molar-refractivity contribution >= 4 is 0 Å². The SMILES string of the molecule is CC(C)N1CCC(Oc2cc(F)ccc2C(C)(C)C)CC1. The van der Waals surface area contributed by atoms with Crippen LogP contribution in [0, 0.1) is 5.82 Å². The first kappa shape index (κ1) is 16.3. The number of nitrogens with zero attached hydrogens (tertiary/aromatic N) is 1. The van der Waals surface area contributed by atoms with Crippen LogP contribution in [-0.4, -0.2) is 30.1 Å². The van der Waals surface area contributed by atoms with Gasteiger partial charge in [-0.05, 0) is 43.7 Å². The summed E-state index contributed by atoms with van der Waals surface area (Å²) in [5, 5.41) is 0. The third kappa shape index (κ3) is 4.19. The Morgan fingerprint density at radius 2 is 1.81 bits per heavy atom. The zero-order valence-electron chi connectivity index (χ0n) is 13.9. The molecule has 1 aliphatic rings. The van der Waals surface area contributed by atoms with Crippen LogP contribution in [-0.2, 0) is 5.41 Å². The van der Waals surface area contributed by atoms with Crippen LogP contribution in [0.4, 0.5) is 4.39 Å². The maximum absolute atomic E-state index is 13.6. The van der Waals surface area contributed by atoms with Gasteiger partial charge >= 0.3 is 0 Å². The number of ether oxygens (including phenoxy) is 1. The van der Waals surface area contributed by atoms with Gasteiger partial charge in [-0.15, -0.1) is 0 Å². The van der Waals surface area contributed by atoms with Crippen molar-refractivity contribution in [3.05, 3.63) is 29.6 Å². The molecule has 2 rings (SSSR count). The molecule has 0 aromatic heterocycles. The maximum atomic E-state index is 13.6. The summed E-state index contributed by atoms with van der Waals surface area (Å²) < 4.78 is 19.7. The molecule has 1 heterocycles. The van der Waals surface area contributed by atoms with Crippen molar-refractivity contribution in [2.45, 2.75) is 65.0 Å². The number of halogens is 1. The zero-order chi connectivity index (χ0) is 15.6. The highest BCUT2D eigenvalue weighted by Gasteiger charge is 2.25. The number of piperidine rings is 1. The van der Waals surface area contributed by atoms with Gasteiger partial charge in [0.2, 0.25) is 0 Å². The van der Waals surface area contributed by atoms with E-state index in [9.17, 15) is 4.39 Å². The minimum Gasteiger partial charge on any atom is -0.490 e. The van der Waals surface area contributed by atoms with E-state index in [0.29, 0.717) is 11.8 Å². The normalized spacial score (nSPS) is 18.2. The highest BCUT2D eigenvalue weighted by molar-refractivity contribution is 5.39. The van der Waals surface area contributed by atoms with Gasteiger partial charge < -0.3 is 9.64 Å². The van der Waals surface area contributed by atoms with Gasteiger partial charge in [0.1, 0.15) is 17.7 Å². The van der Waals surface area contributed by atoms with Gasteiger partial charge in [-0.3, -0.25) is 0 Å². The third-order valence-electron chi connectivity index (χ3n) is 4.25. The molecule has 3 heteroatoms. The van der Waals surface area contributed by atoms with E-state index in [0.717, 1.165) is 31.5 Å². The number of hydrogen-bond donors (Lipinski definition) is 0. The molecular weight excluding hydrogens is 265 g/mol. The van der Waals surface area contributed by atoms with Crippen LogP contribution in [0.2, 0.25) is 0 Å². The molecule has 1 saturated heterocycles. The first-order chi connectivity index (χ1) is 9.77. The van der Waals surface area contributed by atoms with Crippen molar-refractivity contribution in [1.82, 2.24) is 4.90 Å². The van der Waals surface area contributed by atoms with Crippen LogP contribution in [0.3, 0.4) is 0 Å². The molecule has 2 nitrogen and oxygen atoms in total. The van der Waals surface area contributed by atoms with Crippen LogP contribution in [0.25, 0.3) is 0 Å². The summed E-state index contributed by atoms with van der Waals surface area (Å²) in [5.41, 5.74) is 1.04. The summed E-state index contributed by atoms with van der Waals surface area (Å²) in [6, 6.07) is 5.50. The van der Waals surface area contributed by atoms with E-state index < -0.39 is 0 Å². The molecule has 0 aliphatic carbocycles. The first-order valence-electron chi connectivity index (χ1n) is 7.98. The van der Waals surface area contributed by atoms with Crippen molar-refractivity contribution in [3.63, 3.8) is 0 Å². The predicted molar refractivity (Wildman–Crippen MR) is 85.5 cm³/mol. The minimum atomic E-state index is -0.224. The molecule has 0 spiro atoms. The lowest BCUT2D eigenvalue weighted by atomic mass is 9.86. The molecule has 0 radical (unpaired) electrons. The van der Waals surface area contributed by atoms with Crippen molar-refractivity contribution in [2.75, 3.05) is 13.1 Å². The van der Waals surface area contributed by atoms with E-state index in [1.54, 1.807) is 0 Å². The van der Waals surface area contributed by atoms with E-state index in [1.807, 2.05) is 6.07 Å². The minimum absolute atomic E-state index is 0.0400. The molecule has 0 saturated carbocycles. The predicted octanol–water partition coefficient (Wildman–Crippen LogP) is 4.37. The van der Waals surface area contributed by atoms with Crippen molar-refractivity contribution in [1.29, 1.82) is 0 Å². The van der Waals surface area contributed by atoms with Crippen molar-refractivity contribution in [2.24, 2.45) is 0 Å². The molecule has 21 heavy (non-hydrogen) atoms. The first-order valence-corrected chi connectivity index (χ1v) is 7.98. The smallest absolute Gasteiger partial charge is 0.126 e. The fraction of sp³-hybridized carbons (Fsp3) is 0.667. The highest BCUT2D eigenvalue weighted by atomic mass is 19.1. The Morgan fingerprint density at radius 3 is 2.33 bits per heavy atom. The summed E-state index contributed by atoms with van der Waals surface area (Å²) in [5.74, 6) is 0.489. The van der Waals surface area contributed by atoms with Crippen LogP contribution >= 0.6 is 0 Å². The molecule has 118 valence electrons.